The SMILES string of the molecule is CC1(C)CC(O)(C(F)(F)F)C(CNc2cccc3c(=O)[nH]ccc23)c2ccc(Cl)c(O)c21. The Hall–Kier alpha value is -2.71. The van der Waals surface area contributed by atoms with E-state index in [4.69, 9.17) is 11.6 Å². The first kappa shape index (κ1) is 22.5. The zero-order chi connectivity index (χ0) is 23.5. The number of hydrogen-bond donors (Lipinski definition) is 4. The van der Waals surface area contributed by atoms with Crippen molar-refractivity contribution in [2.24, 2.45) is 0 Å². The van der Waals surface area contributed by atoms with Crippen LogP contribution in [0.3, 0.4) is 0 Å². The zero-order valence-electron chi connectivity index (χ0n) is 17.3. The molecule has 5 nitrogen and oxygen atoms in total. The molecule has 0 saturated heterocycles. The number of aromatic nitrogens is 1. The summed E-state index contributed by atoms with van der Waals surface area (Å²) < 4.78 is 42.6. The number of nitrogens with one attached hydrogen (secondary N) is 2. The van der Waals surface area contributed by atoms with Gasteiger partial charge in [-0.2, -0.15) is 13.2 Å². The molecule has 0 aliphatic heterocycles. The maximum absolute atomic E-state index is 14.2. The van der Waals surface area contributed by atoms with Crippen molar-refractivity contribution in [1.29, 1.82) is 0 Å². The smallest absolute Gasteiger partial charge is 0.417 e. The highest BCUT2D eigenvalue weighted by Crippen LogP contribution is 2.57. The summed E-state index contributed by atoms with van der Waals surface area (Å²) in [7, 11) is 0. The molecule has 170 valence electrons. The van der Waals surface area contributed by atoms with Crippen molar-refractivity contribution in [2.75, 3.05) is 11.9 Å². The van der Waals surface area contributed by atoms with Crippen molar-refractivity contribution in [3.05, 3.63) is 69.1 Å². The summed E-state index contributed by atoms with van der Waals surface area (Å²) >= 11 is 6.05. The molecule has 0 bridgehead atoms. The summed E-state index contributed by atoms with van der Waals surface area (Å²) in [6, 6.07) is 9.30. The lowest BCUT2D eigenvalue weighted by Crippen LogP contribution is -2.58. The van der Waals surface area contributed by atoms with E-state index in [1.54, 1.807) is 38.1 Å². The van der Waals surface area contributed by atoms with Crippen molar-refractivity contribution in [3.8, 4) is 5.75 Å². The molecule has 1 aliphatic rings. The van der Waals surface area contributed by atoms with Gasteiger partial charge in [0.25, 0.3) is 5.56 Å². The van der Waals surface area contributed by atoms with Crippen molar-refractivity contribution < 1.29 is 23.4 Å². The number of hydrogen-bond acceptors (Lipinski definition) is 4. The van der Waals surface area contributed by atoms with Crippen molar-refractivity contribution >= 4 is 28.1 Å². The van der Waals surface area contributed by atoms with Gasteiger partial charge in [-0.25, -0.2) is 0 Å². The summed E-state index contributed by atoms with van der Waals surface area (Å²) in [6.07, 6.45) is -4.11. The summed E-state index contributed by atoms with van der Waals surface area (Å²) in [5.74, 6) is -1.70. The Kier molecular flexibility index (Phi) is 5.21. The van der Waals surface area contributed by atoms with Gasteiger partial charge in [-0.05, 0) is 41.7 Å². The Bertz CT molecular complexity index is 1260. The van der Waals surface area contributed by atoms with Gasteiger partial charge in [-0.3, -0.25) is 4.79 Å². The maximum atomic E-state index is 14.2. The van der Waals surface area contributed by atoms with Crippen LogP contribution in [-0.2, 0) is 5.41 Å². The predicted octanol–water partition coefficient (Wildman–Crippen LogP) is 5.06. The zero-order valence-corrected chi connectivity index (χ0v) is 18.1. The van der Waals surface area contributed by atoms with Gasteiger partial charge in [0.05, 0.1) is 5.02 Å². The number of halogens is 4. The third-order valence-corrected chi connectivity index (χ3v) is 6.61. The fourth-order valence-corrected chi connectivity index (χ4v) is 5.05. The minimum absolute atomic E-state index is 0.0364. The topological polar surface area (TPSA) is 85.4 Å². The van der Waals surface area contributed by atoms with E-state index in [0.29, 0.717) is 22.0 Å². The molecule has 2 aromatic carbocycles. The van der Waals surface area contributed by atoms with Crippen LogP contribution < -0.4 is 10.9 Å². The summed E-state index contributed by atoms with van der Waals surface area (Å²) in [6.45, 7) is 2.80. The van der Waals surface area contributed by atoms with Gasteiger partial charge in [0, 0.05) is 40.7 Å². The number of pyridine rings is 1. The van der Waals surface area contributed by atoms with Gasteiger partial charge in [-0.1, -0.05) is 37.6 Å². The molecule has 2 atom stereocenters. The molecule has 3 aromatic rings. The molecule has 4 N–H and O–H groups in total. The Balaban J connectivity index is 1.83. The third-order valence-electron chi connectivity index (χ3n) is 6.30. The van der Waals surface area contributed by atoms with Crippen LogP contribution in [0.5, 0.6) is 5.75 Å². The fraction of sp³-hybridized carbons (Fsp3) is 0.348. The van der Waals surface area contributed by atoms with Gasteiger partial charge >= 0.3 is 6.18 Å². The number of alkyl halides is 3. The Morgan fingerprint density at radius 1 is 1.19 bits per heavy atom. The average molecular weight is 467 g/mol. The van der Waals surface area contributed by atoms with Crippen LogP contribution in [-0.4, -0.2) is 33.5 Å². The van der Waals surface area contributed by atoms with E-state index < -0.39 is 29.5 Å². The lowest BCUT2D eigenvalue weighted by molar-refractivity contribution is -0.277. The summed E-state index contributed by atoms with van der Waals surface area (Å²) in [5, 5.41) is 25.5. The van der Waals surface area contributed by atoms with Gasteiger partial charge in [0.15, 0.2) is 5.60 Å². The van der Waals surface area contributed by atoms with Crippen LogP contribution in [0, 0.1) is 0 Å². The molecule has 0 saturated carbocycles. The second-order valence-electron chi connectivity index (χ2n) is 8.85. The largest absolute Gasteiger partial charge is 0.506 e. The second kappa shape index (κ2) is 7.42. The molecule has 1 heterocycles. The van der Waals surface area contributed by atoms with Gasteiger partial charge in [-0.15, -0.1) is 0 Å². The first-order valence-corrected chi connectivity index (χ1v) is 10.4. The van der Waals surface area contributed by atoms with Crippen LogP contribution in [0.1, 0.15) is 37.3 Å². The number of benzene rings is 2. The number of fused-ring (bicyclic) bond motifs is 2. The number of phenols is 1. The highest BCUT2D eigenvalue weighted by Gasteiger charge is 2.63. The highest BCUT2D eigenvalue weighted by atomic mass is 35.5. The van der Waals surface area contributed by atoms with E-state index >= 15 is 0 Å². The van der Waals surface area contributed by atoms with Crippen molar-refractivity contribution in [2.45, 2.75) is 43.4 Å². The van der Waals surface area contributed by atoms with Crippen molar-refractivity contribution in [3.63, 3.8) is 0 Å². The molecular formula is C23H22ClF3N2O3. The molecule has 32 heavy (non-hydrogen) atoms. The second-order valence-corrected chi connectivity index (χ2v) is 9.26. The van der Waals surface area contributed by atoms with Crippen LogP contribution in [0.4, 0.5) is 18.9 Å². The number of H-pyrrole nitrogens is 1. The molecule has 0 spiro atoms. The Labute approximate surface area is 186 Å². The average Bonchev–Trinajstić information content (AvgIpc) is 2.69. The predicted molar refractivity (Wildman–Crippen MR) is 118 cm³/mol. The van der Waals surface area contributed by atoms with Gasteiger partial charge < -0.3 is 20.5 Å². The fourth-order valence-electron chi connectivity index (χ4n) is 4.89. The molecule has 9 heteroatoms. The molecule has 0 amide bonds. The molecule has 1 aliphatic carbocycles. The minimum atomic E-state index is -4.92. The normalized spacial score (nSPS) is 22.5. The van der Waals surface area contributed by atoms with E-state index in [1.165, 1.54) is 18.3 Å². The van der Waals surface area contributed by atoms with Crippen LogP contribution in [0.15, 0.2) is 47.4 Å². The molecule has 2 unspecified atom stereocenters. The minimum Gasteiger partial charge on any atom is -0.506 e. The third kappa shape index (κ3) is 3.42. The molecule has 0 radical (unpaired) electrons. The number of aromatic hydroxyl groups is 1. The quantitative estimate of drug-likeness (QED) is 0.435. The van der Waals surface area contributed by atoms with E-state index in [1.807, 2.05) is 0 Å². The van der Waals surface area contributed by atoms with Crippen LogP contribution in [0.25, 0.3) is 10.8 Å². The van der Waals surface area contributed by atoms with Crippen LogP contribution >= 0.6 is 11.6 Å². The van der Waals surface area contributed by atoms with E-state index in [2.05, 4.69) is 10.3 Å². The molecular weight excluding hydrogens is 445 g/mol. The summed E-state index contributed by atoms with van der Waals surface area (Å²) in [4.78, 5) is 14.6. The lowest BCUT2D eigenvalue weighted by atomic mass is 9.61. The molecule has 0 fully saturated rings. The Morgan fingerprint density at radius 3 is 2.59 bits per heavy atom. The lowest BCUT2D eigenvalue weighted by Gasteiger charge is -2.49. The number of aliphatic hydroxyl groups is 1. The molecule has 4 rings (SSSR count). The van der Waals surface area contributed by atoms with E-state index in [-0.39, 0.29) is 28.4 Å². The number of anilines is 1. The standard InChI is InChI=1S/C23H22ClF3N2O3/c1-21(2)11-22(32,23(25,26)27)15(14-6-7-16(24)19(30)18(14)21)10-29-17-5-3-4-13-12(17)8-9-28-20(13)31/h3-9,15,29-30,32H,10-11H2,1-2H3,(H,28,31). The Morgan fingerprint density at radius 2 is 1.91 bits per heavy atom. The first-order chi connectivity index (χ1) is 14.9. The highest BCUT2D eigenvalue weighted by molar-refractivity contribution is 6.32. The maximum Gasteiger partial charge on any atom is 0.417 e. The van der Waals surface area contributed by atoms with Gasteiger partial charge in [0.2, 0.25) is 0 Å². The number of phenolic OH excluding ortho intramolecular Hbond substituents is 1. The van der Waals surface area contributed by atoms with E-state index in [9.17, 15) is 28.2 Å². The monoisotopic (exact) mass is 466 g/mol. The van der Waals surface area contributed by atoms with Gasteiger partial charge in [0.1, 0.15) is 5.75 Å². The van der Waals surface area contributed by atoms with Crippen molar-refractivity contribution in [1.82, 2.24) is 4.98 Å². The summed E-state index contributed by atoms with van der Waals surface area (Å²) in [5.41, 5.74) is -3.62. The molecule has 1 aromatic heterocycles. The van der Waals surface area contributed by atoms with Crippen LogP contribution in [0.2, 0.25) is 5.02 Å². The number of rotatable bonds is 3. The first-order valence-electron chi connectivity index (χ1n) is 10.0. The number of aromatic amines is 1. The van der Waals surface area contributed by atoms with E-state index in [0.717, 1.165) is 0 Å².